The van der Waals surface area contributed by atoms with E-state index in [4.69, 9.17) is 4.74 Å². The maximum atomic E-state index is 11.4. The highest BCUT2D eigenvalue weighted by Crippen LogP contribution is 2.07. The Hall–Kier alpha value is -1.51. The molecule has 1 N–H and O–H groups in total. The molecule has 0 radical (unpaired) electrons. The van der Waals surface area contributed by atoms with Crippen molar-refractivity contribution in [2.75, 3.05) is 6.61 Å². The van der Waals surface area contributed by atoms with Gasteiger partial charge in [0.15, 0.2) is 0 Å². The van der Waals surface area contributed by atoms with E-state index in [1.54, 1.807) is 13.0 Å². The number of aromatic nitrogens is 1. The zero-order valence-corrected chi connectivity index (χ0v) is 10.2. The number of nitrogens with one attached hydrogen (secondary N) is 1. The average Bonchev–Trinajstić information content (AvgIpc) is 2.66. The number of aryl methyl sites for hydroxylation is 1. The molecule has 1 rings (SSSR count). The lowest BCUT2D eigenvalue weighted by atomic mass is 10.2. The van der Waals surface area contributed by atoms with E-state index in [0.29, 0.717) is 12.3 Å². The van der Waals surface area contributed by atoms with Crippen LogP contribution in [0, 0.1) is 0 Å². The molecule has 88 valence electrons. The van der Waals surface area contributed by atoms with Crippen LogP contribution in [0.15, 0.2) is 23.8 Å². The number of ether oxygens (including phenoxy) is 1. The number of carbonyl (C=O) groups excluding carboxylic acids is 1. The van der Waals surface area contributed by atoms with Crippen LogP contribution >= 0.6 is 0 Å². The highest BCUT2D eigenvalue weighted by molar-refractivity contribution is 5.87. The SMILES string of the molecule is CCOC(=O)c1ccc(CCC=C(C)C)[nH]1. The van der Waals surface area contributed by atoms with Crippen molar-refractivity contribution in [2.24, 2.45) is 0 Å². The quantitative estimate of drug-likeness (QED) is 0.613. The van der Waals surface area contributed by atoms with Gasteiger partial charge in [-0.05, 0) is 45.7 Å². The minimum absolute atomic E-state index is 0.282. The topological polar surface area (TPSA) is 42.1 Å². The van der Waals surface area contributed by atoms with Crippen LogP contribution < -0.4 is 0 Å². The number of allylic oxidation sites excluding steroid dienone is 2. The number of hydrogen-bond acceptors (Lipinski definition) is 2. The number of carbonyl (C=O) groups is 1. The van der Waals surface area contributed by atoms with E-state index in [1.807, 2.05) is 6.07 Å². The third kappa shape index (κ3) is 3.93. The van der Waals surface area contributed by atoms with Gasteiger partial charge in [0.2, 0.25) is 0 Å². The Morgan fingerprint density at radius 3 is 2.81 bits per heavy atom. The number of aromatic amines is 1. The van der Waals surface area contributed by atoms with E-state index in [2.05, 4.69) is 24.9 Å². The summed E-state index contributed by atoms with van der Waals surface area (Å²) in [5.74, 6) is -0.282. The first-order valence-electron chi connectivity index (χ1n) is 5.62. The van der Waals surface area contributed by atoms with E-state index in [-0.39, 0.29) is 5.97 Å². The number of H-pyrrole nitrogens is 1. The zero-order chi connectivity index (χ0) is 12.0. The molecule has 1 aromatic rings. The second kappa shape index (κ2) is 6.16. The van der Waals surface area contributed by atoms with Gasteiger partial charge >= 0.3 is 5.97 Å². The fourth-order valence-corrected chi connectivity index (χ4v) is 1.43. The van der Waals surface area contributed by atoms with Crippen LogP contribution in [-0.4, -0.2) is 17.6 Å². The Bertz CT molecular complexity index is 373. The molecule has 0 aliphatic rings. The second-order valence-corrected chi connectivity index (χ2v) is 3.94. The van der Waals surface area contributed by atoms with E-state index < -0.39 is 0 Å². The molecule has 1 heterocycles. The van der Waals surface area contributed by atoms with Crippen LogP contribution in [0.25, 0.3) is 0 Å². The molecule has 0 atom stereocenters. The van der Waals surface area contributed by atoms with Gasteiger partial charge in [-0.2, -0.15) is 0 Å². The van der Waals surface area contributed by atoms with Gasteiger partial charge in [0.05, 0.1) is 6.61 Å². The van der Waals surface area contributed by atoms with Crippen molar-refractivity contribution in [1.29, 1.82) is 0 Å². The van der Waals surface area contributed by atoms with Gasteiger partial charge in [-0.3, -0.25) is 0 Å². The van der Waals surface area contributed by atoms with Crippen LogP contribution in [0.3, 0.4) is 0 Å². The molecule has 0 fully saturated rings. The monoisotopic (exact) mass is 221 g/mol. The molecular formula is C13H19NO2. The Labute approximate surface area is 96.5 Å². The fraction of sp³-hybridized carbons (Fsp3) is 0.462. The van der Waals surface area contributed by atoms with Crippen molar-refractivity contribution in [3.63, 3.8) is 0 Å². The van der Waals surface area contributed by atoms with Crippen molar-refractivity contribution < 1.29 is 9.53 Å². The number of rotatable bonds is 5. The van der Waals surface area contributed by atoms with Crippen molar-refractivity contribution in [3.05, 3.63) is 35.2 Å². The molecule has 3 heteroatoms. The summed E-state index contributed by atoms with van der Waals surface area (Å²) in [7, 11) is 0. The van der Waals surface area contributed by atoms with Crippen LogP contribution in [0.2, 0.25) is 0 Å². The smallest absolute Gasteiger partial charge is 0.354 e. The lowest BCUT2D eigenvalue weighted by molar-refractivity contribution is 0.0520. The molecule has 3 nitrogen and oxygen atoms in total. The van der Waals surface area contributed by atoms with E-state index in [0.717, 1.165) is 18.5 Å². The average molecular weight is 221 g/mol. The Kier molecular flexibility index (Phi) is 4.83. The number of hydrogen-bond donors (Lipinski definition) is 1. The van der Waals surface area contributed by atoms with Gasteiger partial charge in [-0.1, -0.05) is 11.6 Å². The summed E-state index contributed by atoms with van der Waals surface area (Å²) < 4.78 is 4.90. The van der Waals surface area contributed by atoms with Crippen molar-refractivity contribution in [3.8, 4) is 0 Å². The molecule has 0 aliphatic heterocycles. The zero-order valence-electron chi connectivity index (χ0n) is 10.2. The lowest BCUT2D eigenvalue weighted by Gasteiger charge is -1.98. The molecule has 0 spiro atoms. The van der Waals surface area contributed by atoms with Crippen LogP contribution in [-0.2, 0) is 11.2 Å². The predicted molar refractivity (Wildman–Crippen MR) is 64.5 cm³/mol. The maximum Gasteiger partial charge on any atom is 0.354 e. The van der Waals surface area contributed by atoms with Gasteiger partial charge in [0, 0.05) is 5.69 Å². The molecular weight excluding hydrogens is 202 g/mol. The molecule has 0 unspecified atom stereocenters. The van der Waals surface area contributed by atoms with Crippen LogP contribution in [0.5, 0.6) is 0 Å². The van der Waals surface area contributed by atoms with E-state index in [9.17, 15) is 4.79 Å². The third-order valence-corrected chi connectivity index (χ3v) is 2.21. The first-order valence-corrected chi connectivity index (χ1v) is 5.62. The van der Waals surface area contributed by atoms with Gasteiger partial charge in [-0.15, -0.1) is 0 Å². The highest BCUT2D eigenvalue weighted by atomic mass is 16.5. The molecule has 1 aromatic heterocycles. The summed E-state index contributed by atoms with van der Waals surface area (Å²) in [6.07, 6.45) is 4.10. The number of esters is 1. The third-order valence-electron chi connectivity index (χ3n) is 2.21. The summed E-state index contributed by atoms with van der Waals surface area (Å²) in [5.41, 5.74) is 2.92. The summed E-state index contributed by atoms with van der Waals surface area (Å²) in [5, 5.41) is 0. The lowest BCUT2D eigenvalue weighted by Crippen LogP contribution is -2.04. The van der Waals surface area contributed by atoms with Crippen LogP contribution in [0.4, 0.5) is 0 Å². The first-order chi connectivity index (χ1) is 7.63. The second-order valence-electron chi connectivity index (χ2n) is 3.94. The molecule has 16 heavy (non-hydrogen) atoms. The van der Waals surface area contributed by atoms with Crippen molar-refractivity contribution in [2.45, 2.75) is 33.6 Å². The van der Waals surface area contributed by atoms with Gasteiger partial charge in [-0.25, -0.2) is 4.79 Å². The molecule has 0 amide bonds. The maximum absolute atomic E-state index is 11.4. The first kappa shape index (κ1) is 12.6. The molecule has 0 aliphatic carbocycles. The minimum Gasteiger partial charge on any atom is -0.461 e. The Morgan fingerprint density at radius 1 is 1.44 bits per heavy atom. The largest absolute Gasteiger partial charge is 0.461 e. The predicted octanol–water partition coefficient (Wildman–Crippen LogP) is 3.09. The molecule has 0 aromatic carbocycles. The molecule has 0 saturated heterocycles. The molecule has 0 saturated carbocycles. The van der Waals surface area contributed by atoms with Gasteiger partial charge < -0.3 is 9.72 Å². The Balaban J connectivity index is 2.51. The van der Waals surface area contributed by atoms with Crippen molar-refractivity contribution >= 4 is 5.97 Å². The van der Waals surface area contributed by atoms with Gasteiger partial charge in [0.25, 0.3) is 0 Å². The normalized spacial score (nSPS) is 9.94. The summed E-state index contributed by atoms with van der Waals surface area (Å²) in [6.45, 7) is 6.37. The van der Waals surface area contributed by atoms with Gasteiger partial charge in [0.1, 0.15) is 5.69 Å². The van der Waals surface area contributed by atoms with E-state index in [1.165, 1.54) is 5.57 Å². The van der Waals surface area contributed by atoms with Crippen molar-refractivity contribution in [1.82, 2.24) is 4.98 Å². The minimum atomic E-state index is -0.282. The molecule has 0 bridgehead atoms. The van der Waals surface area contributed by atoms with E-state index >= 15 is 0 Å². The standard InChI is InChI=1S/C13H19NO2/c1-4-16-13(15)12-9-8-11(14-12)7-5-6-10(2)3/h6,8-9,14H,4-5,7H2,1-3H3. The van der Waals surface area contributed by atoms with Crippen LogP contribution in [0.1, 0.15) is 43.4 Å². The fourth-order valence-electron chi connectivity index (χ4n) is 1.43. The summed E-state index contributed by atoms with van der Waals surface area (Å²) in [4.78, 5) is 14.4. The highest BCUT2D eigenvalue weighted by Gasteiger charge is 2.08. The summed E-state index contributed by atoms with van der Waals surface area (Å²) in [6, 6.07) is 3.71. The Morgan fingerprint density at radius 2 is 2.19 bits per heavy atom. The summed E-state index contributed by atoms with van der Waals surface area (Å²) >= 11 is 0.